The number of amides is 1. The van der Waals surface area contributed by atoms with Gasteiger partial charge in [-0.1, -0.05) is 18.2 Å². The van der Waals surface area contributed by atoms with Gasteiger partial charge in [-0.15, -0.1) is 0 Å². The first-order valence-corrected chi connectivity index (χ1v) is 8.62. The molecule has 4 nitrogen and oxygen atoms in total. The first kappa shape index (κ1) is 17.9. The molecule has 1 saturated heterocycles. The SMILES string of the molecule is CC(=O)c1ccc(N2CCN(C(=O)C=Cc3ccccc3F)CC2)cc1. The van der Waals surface area contributed by atoms with Crippen LogP contribution < -0.4 is 4.90 Å². The maximum absolute atomic E-state index is 13.6. The van der Waals surface area contributed by atoms with Crippen LogP contribution in [0.4, 0.5) is 10.1 Å². The van der Waals surface area contributed by atoms with E-state index >= 15 is 0 Å². The molecular formula is C21H21FN2O2. The van der Waals surface area contributed by atoms with Crippen LogP contribution >= 0.6 is 0 Å². The van der Waals surface area contributed by atoms with Crippen LogP contribution in [-0.4, -0.2) is 42.8 Å². The lowest BCUT2D eigenvalue weighted by Crippen LogP contribution is -2.48. The summed E-state index contributed by atoms with van der Waals surface area (Å²) in [6, 6.07) is 13.9. The monoisotopic (exact) mass is 352 g/mol. The third-order valence-corrected chi connectivity index (χ3v) is 4.54. The van der Waals surface area contributed by atoms with Crippen molar-refractivity contribution in [2.24, 2.45) is 0 Å². The number of carbonyl (C=O) groups is 2. The van der Waals surface area contributed by atoms with Crippen LogP contribution in [0.5, 0.6) is 0 Å². The van der Waals surface area contributed by atoms with Crippen LogP contribution in [-0.2, 0) is 4.79 Å². The number of Topliss-reactive ketones (excluding diaryl/α,β-unsaturated/α-hetero) is 1. The van der Waals surface area contributed by atoms with Crippen LogP contribution in [0, 0.1) is 5.82 Å². The summed E-state index contributed by atoms with van der Waals surface area (Å²) in [7, 11) is 0. The molecule has 0 spiro atoms. The van der Waals surface area contributed by atoms with Crippen molar-refractivity contribution in [1.82, 2.24) is 4.90 Å². The van der Waals surface area contributed by atoms with Crippen LogP contribution in [0.25, 0.3) is 6.08 Å². The lowest BCUT2D eigenvalue weighted by molar-refractivity contribution is -0.126. The Morgan fingerprint density at radius 1 is 0.962 bits per heavy atom. The molecule has 0 aromatic heterocycles. The lowest BCUT2D eigenvalue weighted by atomic mass is 10.1. The third kappa shape index (κ3) is 4.17. The molecule has 134 valence electrons. The highest BCUT2D eigenvalue weighted by molar-refractivity contribution is 5.94. The number of nitrogens with zero attached hydrogens (tertiary/aromatic N) is 2. The van der Waals surface area contributed by atoms with Crippen molar-refractivity contribution >= 4 is 23.5 Å². The van der Waals surface area contributed by atoms with Gasteiger partial charge in [0.1, 0.15) is 5.82 Å². The van der Waals surface area contributed by atoms with E-state index in [0.717, 1.165) is 18.8 Å². The Bertz CT molecular complexity index is 822. The summed E-state index contributed by atoms with van der Waals surface area (Å²) in [6.07, 6.45) is 2.94. The van der Waals surface area contributed by atoms with Crippen molar-refractivity contribution in [2.75, 3.05) is 31.1 Å². The summed E-state index contributed by atoms with van der Waals surface area (Å²) in [6.45, 7) is 4.20. The van der Waals surface area contributed by atoms with E-state index in [9.17, 15) is 14.0 Å². The third-order valence-electron chi connectivity index (χ3n) is 4.54. The Labute approximate surface area is 152 Å². The van der Waals surface area contributed by atoms with E-state index in [0.29, 0.717) is 24.2 Å². The molecule has 3 rings (SSSR count). The fourth-order valence-electron chi connectivity index (χ4n) is 2.97. The quantitative estimate of drug-likeness (QED) is 0.626. The van der Waals surface area contributed by atoms with Gasteiger partial charge in [-0.25, -0.2) is 4.39 Å². The molecule has 0 unspecified atom stereocenters. The molecule has 1 aliphatic heterocycles. The van der Waals surface area contributed by atoms with Crippen LogP contribution in [0.1, 0.15) is 22.8 Å². The molecular weight excluding hydrogens is 331 g/mol. The smallest absolute Gasteiger partial charge is 0.246 e. The van der Waals surface area contributed by atoms with E-state index in [1.165, 1.54) is 18.2 Å². The minimum Gasteiger partial charge on any atom is -0.368 e. The normalized spacial score (nSPS) is 14.7. The molecule has 2 aromatic carbocycles. The number of hydrogen-bond donors (Lipinski definition) is 0. The molecule has 1 amide bonds. The summed E-state index contributed by atoms with van der Waals surface area (Å²) >= 11 is 0. The van der Waals surface area contributed by atoms with Crippen molar-refractivity contribution in [2.45, 2.75) is 6.92 Å². The minimum absolute atomic E-state index is 0.0496. The molecule has 0 aliphatic carbocycles. The topological polar surface area (TPSA) is 40.6 Å². The second kappa shape index (κ2) is 7.95. The van der Waals surface area contributed by atoms with Crippen molar-refractivity contribution in [1.29, 1.82) is 0 Å². The highest BCUT2D eigenvalue weighted by atomic mass is 19.1. The van der Waals surface area contributed by atoms with Crippen LogP contribution in [0.3, 0.4) is 0 Å². The number of hydrogen-bond acceptors (Lipinski definition) is 3. The van der Waals surface area contributed by atoms with Gasteiger partial charge in [-0.05, 0) is 43.3 Å². The highest BCUT2D eigenvalue weighted by Gasteiger charge is 2.20. The molecule has 26 heavy (non-hydrogen) atoms. The number of carbonyl (C=O) groups excluding carboxylic acids is 2. The van der Waals surface area contributed by atoms with Gasteiger partial charge in [-0.3, -0.25) is 9.59 Å². The van der Waals surface area contributed by atoms with Gasteiger partial charge in [0.15, 0.2) is 5.78 Å². The zero-order valence-corrected chi connectivity index (χ0v) is 14.7. The second-order valence-electron chi connectivity index (χ2n) is 6.27. The molecule has 0 atom stereocenters. The van der Waals surface area contributed by atoms with Gasteiger partial charge in [0.05, 0.1) is 0 Å². The van der Waals surface area contributed by atoms with E-state index in [2.05, 4.69) is 4.90 Å². The standard InChI is InChI=1S/C21H21FN2O2/c1-16(25)17-6-9-19(10-7-17)23-12-14-24(15-13-23)21(26)11-8-18-4-2-3-5-20(18)22/h2-11H,12-15H2,1H3. The summed E-state index contributed by atoms with van der Waals surface area (Å²) in [5, 5.41) is 0. The first-order valence-electron chi connectivity index (χ1n) is 8.62. The van der Waals surface area contributed by atoms with Crippen molar-refractivity contribution < 1.29 is 14.0 Å². The maximum Gasteiger partial charge on any atom is 0.246 e. The van der Waals surface area contributed by atoms with Crippen molar-refractivity contribution in [3.05, 3.63) is 71.6 Å². The van der Waals surface area contributed by atoms with E-state index in [-0.39, 0.29) is 17.5 Å². The van der Waals surface area contributed by atoms with Gasteiger partial charge in [0.25, 0.3) is 0 Å². The van der Waals surface area contributed by atoms with E-state index in [1.807, 2.05) is 24.3 Å². The van der Waals surface area contributed by atoms with E-state index in [1.54, 1.807) is 30.0 Å². The largest absolute Gasteiger partial charge is 0.368 e. The minimum atomic E-state index is -0.338. The van der Waals surface area contributed by atoms with Gasteiger partial charge in [0.2, 0.25) is 5.91 Å². The molecule has 0 radical (unpaired) electrons. The number of halogens is 1. The number of benzene rings is 2. The highest BCUT2D eigenvalue weighted by Crippen LogP contribution is 2.18. The zero-order valence-electron chi connectivity index (χ0n) is 14.7. The van der Waals surface area contributed by atoms with E-state index in [4.69, 9.17) is 0 Å². The Morgan fingerprint density at radius 3 is 2.23 bits per heavy atom. The number of anilines is 1. The average Bonchev–Trinajstić information content (AvgIpc) is 2.67. The van der Waals surface area contributed by atoms with Crippen LogP contribution in [0.15, 0.2) is 54.6 Å². The molecule has 0 bridgehead atoms. The number of rotatable bonds is 4. The molecule has 1 aliphatic rings. The first-order chi connectivity index (χ1) is 12.5. The Morgan fingerprint density at radius 2 is 1.62 bits per heavy atom. The van der Waals surface area contributed by atoms with Crippen LogP contribution in [0.2, 0.25) is 0 Å². The molecule has 0 N–H and O–H groups in total. The summed E-state index contributed by atoms with van der Waals surface area (Å²) in [5.41, 5.74) is 2.15. The Kier molecular flexibility index (Phi) is 5.46. The van der Waals surface area contributed by atoms with E-state index < -0.39 is 0 Å². The van der Waals surface area contributed by atoms with Gasteiger partial charge in [0, 0.05) is 49.1 Å². The second-order valence-corrected chi connectivity index (χ2v) is 6.27. The summed E-state index contributed by atoms with van der Waals surface area (Å²) in [5.74, 6) is -0.399. The molecule has 1 fully saturated rings. The fourth-order valence-corrected chi connectivity index (χ4v) is 2.97. The summed E-state index contributed by atoms with van der Waals surface area (Å²) < 4.78 is 13.6. The maximum atomic E-state index is 13.6. The summed E-state index contributed by atoms with van der Waals surface area (Å²) in [4.78, 5) is 27.6. The number of piperazine rings is 1. The molecule has 1 heterocycles. The zero-order chi connectivity index (χ0) is 18.5. The fraction of sp³-hybridized carbons (Fsp3) is 0.238. The van der Waals surface area contributed by atoms with Gasteiger partial charge >= 0.3 is 0 Å². The molecule has 0 saturated carbocycles. The number of ketones is 1. The van der Waals surface area contributed by atoms with Crippen molar-refractivity contribution in [3.63, 3.8) is 0 Å². The molecule has 5 heteroatoms. The van der Waals surface area contributed by atoms with Crippen molar-refractivity contribution in [3.8, 4) is 0 Å². The Hall–Kier alpha value is -2.95. The Balaban J connectivity index is 1.57. The van der Waals surface area contributed by atoms with Gasteiger partial charge in [-0.2, -0.15) is 0 Å². The average molecular weight is 352 g/mol. The predicted octanol–water partition coefficient (Wildman–Crippen LogP) is 3.39. The van der Waals surface area contributed by atoms with Gasteiger partial charge < -0.3 is 9.80 Å². The lowest BCUT2D eigenvalue weighted by Gasteiger charge is -2.35. The predicted molar refractivity (Wildman–Crippen MR) is 101 cm³/mol. The molecule has 2 aromatic rings.